The molecule has 0 aliphatic heterocycles. The summed E-state index contributed by atoms with van der Waals surface area (Å²) < 4.78 is 10.8. The molecule has 0 fully saturated rings. The van der Waals surface area contributed by atoms with Crippen molar-refractivity contribution in [2.75, 3.05) is 19.0 Å². The van der Waals surface area contributed by atoms with Crippen LogP contribution in [0.25, 0.3) is 0 Å². The first-order valence-corrected chi connectivity index (χ1v) is 8.16. The highest BCUT2D eigenvalue weighted by atomic mass is 16.5. The lowest BCUT2D eigenvalue weighted by Crippen LogP contribution is -2.17. The van der Waals surface area contributed by atoms with E-state index in [9.17, 15) is 9.59 Å². The minimum absolute atomic E-state index is 0.173. The maximum absolute atomic E-state index is 12.1. The number of nitrogens with zero attached hydrogens (tertiary/aromatic N) is 1. The molecule has 2 N–H and O–H groups in total. The summed E-state index contributed by atoms with van der Waals surface area (Å²) >= 11 is 0. The van der Waals surface area contributed by atoms with Crippen molar-refractivity contribution in [1.29, 1.82) is 0 Å². The quantitative estimate of drug-likeness (QED) is 0.426. The molecule has 0 saturated heterocycles. The number of ether oxygens (including phenoxy) is 2. The van der Waals surface area contributed by atoms with Crippen LogP contribution >= 0.6 is 0 Å². The maximum atomic E-state index is 12.1. The molecule has 0 spiro atoms. The summed E-state index contributed by atoms with van der Waals surface area (Å²) in [6.07, 6.45) is 3.15. The average Bonchev–Trinajstić information content (AvgIpc) is 2.66. The van der Waals surface area contributed by atoms with Crippen molar-refractivity contribution >= 4 is 23.7 Å². The minimum Gasteiger partial charge on any atom is -0.493 e. The van der Waals surface area contributed by atoms with Crippen LogP contribution in [0.1, 0.15) is 22.8 Å². The van der Waals surface area contributed by atoms with Gasteiger partial charge in [0.25, 0.3) is 5.91 Å². The molecule has 2 rings (SSSR count). The maximum Gasteiger partial charge on any atom is 0.271 e. The summed E-state index contributed by atoms with van der Waals surface area (Å²) in [5, 5.41) is 6.58. The standard InChI is InChI=1S/C20H21N3O4/c1-4-11-27-18-10-5-15(12-19(18)26-3)13-21-23-20(25)16-6-8-17(9-7-16)22-14(2)24/h4-10,12-13H,1,11H2,2-3H3,(H,22,24)(H,23,25)/b21-13-. The molecule has 0 unspecified atom stereocenters. The Balaban J connectivity index is 1.98. The number of nitrogens with one attached hydrogen (secondary N) is 2. The van der Waals surface area contributed by atoms with Crippen molar-refractivity contribution in [3.8, 4) is 11.5 Å². The second-order valence-corrected chi connectivity index (χ2v) is 5.47. The van der Waals surface area contributed by atoms with Crippen LogP contribution < -0.4 is 20.2 Å². The molecular weight excluding hydrogens is 346 g/mol. The van der Waals surface area contributed by atoms with Crippen LogP contribution in [0.5, 0.6) is 11.5 Å². The summed E-state index contributed by atoms with van der Waals surface area (Å²) in [6, 6.07) is 11.8. The van der Waals surface area contributed by atoms with Gasteiger partial charge in [-0.3, -0.25) is 9.59 Å². The summed E-state index contributed by atoms with van der Waals surface area (Å²) in [6.45, 7) is 5.40. The molecule has 0 atom stereocenters. The molecule has 7 nitrogen and oxygen atoms in total. The van der Waals surface area contributed by atoms with Gasteiger partial charge in [-0.05, 0) is 48.0 Å². The molecule has 0 aromatic heterocycles. The van der Waals surface area contributed by atoms with E-state index in [1.54, 1.807) is 55.7 Å². The van der Waals surface area contributed by atoms with Crippen molar-refractivity contribution in [2.24, 2.45) is 5.10 Å². The Morgan fingerprint density at radius 2 is 1.89 bits per heavy atom. The number of methoxy groups -OCH3 is 1. The van der Waals surface area contributed by atoms with Crippen LogP contribution in [0, 0.1) is 0 Å². The number of anilines is 1. The predicted molar refractivity (Wildman–Crippen MR) is 104 cm³/mol. The number of carbonyl (C=O) groups excluding carboxylic acids is 2. The zero-order valence-electron chi connectivity index (χ0n) is 15.2. The van der Waals surface area contributed by atoms with Crippen LogP contribution in [0.15, 0.2) is 60.2 Å². The highest BCUT2D eigenvalue weighted by molar-refractivity contribution is 5.96. The van der Waals surface area contributed by atoms with Gasteiger partial charge in [0.2, 0.25) is 5.91 Å². The molecule has 7 heteroatoms. The summed E-state index contributed by atoms with van der Waals surface area (Å²) in [5.41, 5.74) is 4.23. The topological polar surface area (TPSA) is 89.0 Å². The van der Waals surface area contributed by atoms with Gasteiger partial charge in [-0.2, -0.15) is 5.10 Å². The fourth-order valence-corrected chi connectivity index (χ4v) is 2.17. The third-order valence-corrected chi connectivity index (χ3v) is 3.39. The number of carbonyl (C=O) groups is 2. The Hall–Kier alpha value is -3.61. The highest BCUT2D eigenvalue weighted by Gasteiger charge is 2.06. The van der Waals surface area contributed by atoms with Gasteiger partial charge in [0.1, 0.15) is 6.61 Å². The van der Waals surface area contributed by atoms with E-state index in [4.69, 9.17) is 9.47 Å². The Morgan fingerprint density at radius 3 is 2.52 bits per heavy atom. The van der Waals surface area contributed by atoms with Gasteiger partial charge in [-0.25, -0.2) is 5.43 Å². The smallest absolute Gasteiger partial charge is 0.271 e. The van der Waals surface area contributed by atoms with E-state index in [0.29, 0.717) is 29.4 Å². The monoisotopic (exact) mass is 367 g/mol. The summed E-state index contributed by atoms with van der Waals surface area (Å²) in [5.74, 6) is 0.616. The number of hydrogen-bond donors (Lipinski definition) is 2. The lowest BCUT2D eigenvalue weighted by molar-refractivity contribution is -0.114. The van der Waals surface area contributed by atoms with Gasteiger partial charge >= 0.3 is 0 Å². The summed E-state index contributed by atoms with van der Waals surface area (Å²) in [4.78, 5) is 23.1. The number of hydrogen-bond acceptors (Lipinski definition) is 5. The lowest BCUT2D eigenvalue weighted by atomic mass is 10.2. The van der Waals surface area contributed by atoms with Crippen molar-refractivity contribution in [2.45, 2.75) is 6.92 Å². The van der Waals surface area contributed by atoms with Gasteiger partial charge in [0.05, 0.1) is 13.3 Å². The zero-order valence-corrected chi connectivity index (χ0v) is 15.2. The molecule has 27 heavy (non-hydrogen) atoms. The summed E-state index contributed by atoms with van der Waals surface area (Å²) in [7, 11) is 1.55. The van der Waals surface area contributed by atoms with Crippen LogP contribution in [-0.4, -0.2) is 31.7 Å². The molecule has 0 saturated carbocycles. The van der Waals surface area contributed by atoms with E-state index in [2.05, 4.69) is 22.4 Å². The third-order valence-electron chi connectivity index (χ3n) is 3.39. The van der Waals surface area contributed by atoms with E-state index in [0.717, 1.165) is 5.56 Å². The lowest BCUT2D eigenvalue weighted by Gasteiger charge is -2.09. The largest absolute Gasteiger partial charge is 0.493 e. The van der Waals surface area contributed by atoms with Crippen LogP contribution in [-0.2, 0) is 4.79 Å². The Bertz CT molecular complexity index is 845. The van der Waals surface area contributed by atoms with Crippen LogP contribution in [0.3, 0.4) is 0 Å². The first-order chi connectivity index (χ1) is 13.0. The van der Waals surface area contributed by atoms with Gasteiger partial charge in [0.15, 0.2) is 11.5 Å². The molecule has 0 aliphatic carbocycles. The molecule has 2 aromatic carbocycles. The first-order valence-electron chi connectivity index (χ1n) is 8.16. The van der Waals surface area contributed by atoms with Gasteiger partial charge < -0.3 is 14.8 Å². The third kappa shape index (κ3) is 6.00. The molecule has 0 heterocycles. The minimum atomic E-state index is -0.362. The highest BCUT2D eigenvalue weighted by Crippen LogP contribution is 2.27. The van der Waals surface area contributed by atoms with Crippen molar-refractivity contribution in [3.05, 3.63) is 66.2 Å². The second-order valence-electron chi connectivity index (χ2n) is 5.47. The number of hydrazone groups is 1. The van der Waals surface area contributed by atoms with Crippen LogP contribution in [0.4, 0.5) is 5.69 Å². The van der Waals surface area contributed by atoms with Crippen molar-refractivity contribution in [3.63, 3.8) is 0 Å². The second kappa shape index (κ2) is 9.76. The Labute approximate surface area is 157 Å². The fourth-order valence-electron chi connectivity index (χ4n) is 2.17. The van der Waals surface area contributed by atoms with Crippen LogP contribution in [0.2, 0.25) is 0 Å². The van der Waals surface area contributed by atoms with Gasteiger partial charge in [0, 0.05) is 18.2 Å². The van der Waals surface area contributed by atoms with Crippen molar-refractivity contribution in [1.82, 2.24) is 5.43 Å². The zero-order chi connectivity index (χ0) is 19.6. The van der Waals surface area contributed by atoms with Gasteiger partial charge in [-0.15, -0.1) is 0 Å². The Kier molecular flexibility index (Phi) is 7.13. The molecular formula is C20H21N3O4. The molecule has 140 valence electrons. The van der Waals surface area contributed by atoms with E-state index < -0.39 is 0 Å². The molecule has 0 radical (unpaired) electrons. The Morgan fingerprint density at radius 1 is 1.15 bits per heavy atom. The molecule has 0 bridgehead atoms. The average molecular weight is 367 g/mol. The number of amides is 2. The number of rotatable bonds is 8. The number of benzene rings is 2. The SMILES string of the molecule is C=CCOc1ccc(/C=N\NC(=O)c2ccc(NC(C)=O)cc2)cc1OC. The van der Waals surface area contributed by atoms with Gasteiger partial charge in [-0.1, -0.05) is 12.7 Å². The van der Waals surface area contributed by atoms with E-state index in [1.807, 2.05) is 0 Å². The molecule has 2 amide bonds. The predicted octanol–water partition coefficient (Wildman–Crippen LogP) is 2.98. The fraction of sp³-hybridized carbons (Fsp3) is 0.150. The molecule has 0 aliphatic rings. The van der Waals surface area contributed by atoms with Crippen molar-refractivity contribution < 1.29 is 19.1 Å². The van der Waals surface area contributed by atoms with E-state index >= 15 is 0 Å². The van der Waals surface area contributed by atoms with E-state index in [1.165, 1.54) is 13.1 Å². The normalized spacial score (nSPS) is 10.3. The molecule has 2 aromatic rings. The van der Waals surface area contributed by atoms with E-state index in [-0.39, 0.29) is 11.8 Å². The first kappa shape index (κ1) is 19.7.